The van der Waals surface area contributed by atoms with Crippen LogP contribution in [0, 0.1) is 0 Å². The highest BCUT2D eigenvalue weighted by Gasteiger charge is 2.30. The number of hydrogen-bond donors (Lipinski definition) is 0. The molecule has 1 aliphatic heterocycles. The van der Waals surface area contributed by atoms with E-state index in [4.69, 9.17) is 16.3 Å². The minimum absolute atomic E-state index is 0.0838. The van der Waals surface area contributed by atoms with E-state index >= 15 is 0 Å². The predicted molar refractivity (Wildman–Crippen MR) is 83.9 cm³/mol. The van der Waals surface area contributed by atoms with E-state index in [0.29, 0.717) is 11.7 Å². The predicted octanol–water partition coefficient (Wildman–Crippen LogP) is 3.18. The number of hydrogen-bond acceptors (Lipinski definition) is 4. The Morgan fingerprint density at radius 1 is 1.43 bits per heavy atom. The second-order valence-corrected chi connectivity index (χ2v) is 6.69. The van der Waals surface area contributed by atoms with Crippen molar-refractivity contribution in [2.75, 3.05) is 24.5 Å². The van der Waals surface area contributed by atoms with Gasteiger partial charge >= 0.3 is 6.09 Å². The Bertz CT molecular complexity index is 516. The number of halogens is 1. The van der Waals surface area contributed by atoms with E-state index in [1.54, 1.807) is 11.1 Å². The van der Waals surface area contributed by atoms with Gasteiger partial charge in [0.25, 0.3) is 0 Å². The van der Waals surface area contributed by atoms with E-state index in [9.17, 15) is 4.79 Å². The molecule has 5 nitrogen and oxygen atoms in total. The Morgan fingerprint density at radius 2 is 2.14 bits per heavy atom. The van der Waals surface area contributed by atoms with E-state index in [2.05, 4.69) is 9.88 Å². The zero-order chi connectivity index (χ0) is 15.6. The molecule has 0 saturated carbocycles. The first-order valence-electron chi connectivity index (χ1n) is 7.12. The number of carbonyl (C=O) groups excluding carboxylic acids is 1. The molecule has 0 radical (unpaired) electrons. The van der Waals surface area contributed by atoms with Gasteiger partial charge in [-0.3, -0.25) is 0 Å². The molecular weight excluding hydrogens is 290 g/mol. The molecule has 21 heavy (non-hydrogen) atoms. The number of amides is 1. The van der Waals surface area contributed by atoms with Gasteiger partial charge in [-0.15, -0.1) is 0 Å². The summed E-state index contributed by atoms with van der Waals surface area (Å²) in [6.45, 7) is 9.80. The van der Waals surface area contributed by atoms with E-state index < -0.39 is 5.60 Å². The number of nitrogens with zero attached hydrogens (tertiary/aromatic N) is 3. The summed E-state index contributed by atoms with van der Waals surface area (Å²) < 4.78 is 5.45. The average Bonchev–Trinajstić information content (AvgIpc) is 2.36. The van der Waals surface area contributed by atoms with Crippen molar-refractivity contribution in [1.82, 2.24) is 9.88 Å². The molecule has 1 fully saturated rings. The van der Waals surface area contributed by atoms with Gasteiger partial charge in [0.1, 0.15) is 10.8 Å². The fourth-order valence-electron chi connectivity index (χ4n) is 2.37. The van der Waals surface area contributed by atoms with Crippen LogP contribution in [0.4, 0.5) is 10.5 Å². The van der Waals surface area contributed by atoms with Crippen molar-refractivity contribution < 1.29 is 9.53 Å². The van der Waals surface area contributed by atoms with Gasteiger partial charge in [0.15, 0.2) is 0 Å². The summed E-state index contributed by atoms with van der Waals surface area (Å²) in [4.78, 5) is 20.2. The average molecular weight is 312 g/mol. The number of pyridine rings is 1. The standard InChI is InChI=1S/C15H22ClN3O2/c1-11-10-18(12-5-6-17-13(16)9-12)7-8-19(11)14(20)21-15(2,3)4/h5-6,9,11H,7-8,10H2,1-4H3. The smallest absolute Gasteiger partial charge is 0.410 e. The summed E-state index contributed by atoms with van der Waals surface area (Å²) in [5, 5.41) is 0.481. The zero-order valence-electron chi connectivity index (χ0n) is 13.0. The molecule has 2 rings (SSSR count). The Kier molecular flexibility index (Phi) is 4.61. The highest BCUT2D eigenvalue weighted by atomic mass is 35.5. The largest absolute Gasteiger partial charge is 0.444 e. The Balaban J connectivity index is 2.01. The summed E-state index contributed by atoms with van der Waals surface area (Å²) >= 11 is 5.93. The van der Waals surface area contributed by atoms with Crippen LogP contribution in [0.25, 0.3) is 0 Å². The van der Waals surface area contributed by atoms with Crippen LogP contribution in [0.5, 0.6) is 0 Å². The van der Waals surface area contributed by atoms with Crippen molar-refractivity contribution in [3.8, 4) is 0 Å². The Hall–Kier alpha value is -1.49. The molecule has 1 aromatic heterocycles. The van der Waals surface area contributed by atoms with E-state index in [1.165, 1.54) is 0 Å². The van der Waals surface area contributed by atoms with Gasteiger partial charge in [0.05, 0.1) is 0 Å². The van der Waals surface area contributed by atoms with E-state index in [0.717, 1.165) is 18.8 Å². The third-order valence-electron chi connectivity index (χ3n) is 3.33. The van der Waals surface area contributed by atoms with Gasteiger partial charge in [-0.2, -0.15) is 0 Å². The van der Waals surface area contributed by atoms with Crippen molar-refractivity contribution in [2.45, 2.75) is 39.3 Å². The number of rotatable bonds is 1. The van der Waals surface area contributed by atoms with Crippen LogP contribution in [0.3, 0.4) is 0 Å². The van der Waals surface area contributed by atoms with Crippen LogP contribution in [0.15, 0.2) is 18.3 Å². The molecule has 0 bridgehead atoms. The van der Waals surface area contributed by atoms with Gasteiger partial charge < -0.3 is 14.5 Å². The van der Waals surface area contributed by atoms with Crippen molar-refractivity contribution in [3.63, 3.8) is 0 Å². The lowest BCUT2D eigenvalue weighted by Crippen LogP contribution is -2.55. The highest BCUT2D eigenvalue weighted by molar-refractivity contribution is 6.29. The van der Waals surface area contributed by atoms with Crippen LogP contribution in [-0.4, -0.2) is 47.3 Å². The van der Waals surface area contributed by atoms with Gasteiger partial charge in [0.2, 0.25) is 0 Å². The fourth-order valence-corrected chi connectivity index (χ4v) is 2.54. The maximum atomic E-state index is 12.2. The molecule has 1 amide bonds. The fraction of sp³-hybridized carbons (Fsp3) is 0.600. The third kappa shape index (κ3) is 4.24. The lowest BCUT2D eigenvalue weighted by atomic mass is 10.1. The van der Waals surface area contributed by atoms with Gasteiger partial charge in [-0.1, -0.05) is 11.6 Å². The topological polar surface area (TPSA) is 45.7 Å². The molecule has 0 spiro atoms. The lowest BCUT2D eigenvalue weighted by molar-refractivity contribution is 0.0159. The summed E-state index contributed by atoms with van der Waals surface area (Å²) in [6.07, 6.45) is 1.45. The molecule has 1 atom stereocenters. The van der Waals surface area contributed by atoms with Crippen LogP contribution < -0.4 is 4.90 Å². The molecule has 6 heteroatoms. The van der Waals surface area contributed by atoms with E-state index in [1.807, 2.05) is 39.8 Å². The van der Waals surface area contributed by atoms with Gasteiger partial charge in [0, 0.05) is 37.6 Å². The van der Waals surface area contributed by atoms with Crippen LogP contribution >= 0.6 is 11.6 Å². The molecular formula is C15H22ClN3O2. The molecule has 1 unspecified atom stereocenters. The summed E-state index contributed by atoms with van der Waals surface area (Å²) in [7, 11) is 0. The molecule has 2 heterocycles. The quantitative estimate of drug-likeness (QED) is 0.747. The second kappa shape index (κ2) is 6.10. The van der Waals surface area contributed by atoms with Crippen LogP contribution in [0.2, 0.25) is 5.15 Å². The van der Waals surface area contributed by atoms with Crippen LogP contribution in [0.1, 0.15) is 27.7 Å². The normalized spacial score (nSPS) is 19.6. The molecule has 1 aliphatic rings. The van der Waals surface area contributed by atoms with Gasteiger partial charge in [-0.05, 0) is 39.8 Å². The monoisotopic (exact) mass is 311 g/mol. The first kappa shape index (κ1) is 15.9. The summed E-state index contributed by atoms with van der Waals surface area (Å²) in [5.74, 6) is 0. The molecule has 1 aromatic rings. The number of aromatic nitrogens is 1. The lowest BCUT2D eigenvalue weighted by Gasteiger charge is -2.41. The van der Waals surface area contributed by atoms with E-state index in [-0.39, 0.29) is 12.1 Å². The molecule has 0 aliphatic carbocycles. The number of carbonyl (C=O) groups is 1. The minimum Gasteiger partial charge on any atom is -0.444 e. The molecule has 0 aromatic carbocycles. The molecule has 1 saturated heterocycles. The number of anilines is 1. The Labute approximate surface area is 130 Å². The first-order chi connectivity index (χ1) is 9.76. The maximum Gasteiger partial charge on any atom is 0.410 e. The summed E-state index contributed by atoms with van der Waals surface area (Å²) in [5.41, 5.74) is 0.567. The van der Waals surface area contributed by atoms with Crippen molar-refractivity contribution in [3.05, 3.63) is 23.5 Å². The van der Waals surface area contributed by atoms with Crippen molar-refractivity contribution >= 4 is 23.4 Å². The Morgan fingerprint density at radius 3 is 2.71 bits per heavy atom. The molecule has 0 N–H and O–H groups in total. The first-order valence-corrected chi connectivity index (χ1v) is 7.50. The SMILES string of the molecule is CC1CN(c2ccnc(Cl)c2)CCN1C(=O)OC(C)(C)C. The highest BCUT2D eigenvalue weighted by Crippen LogP contribution is 2.22. The van der Waals surface area contributed by atoms with Crippen molar-refractivity contribution in [2.24, 2.45) is 0 Å². The molecule has 116 valence electrons. The summed E-state index contributed by atoms with van der Waals surface area (Å²) in [6, 6.07) is 3.86. The second-order valence-electron chi connectivity index (χ2n) is 6.31. The minimum atomic E-state index is -0.466. The number of ether oxygens (including phenoxy) is 1. The van der Waals surface area contributed by atoms with Crippen LogP contribution in [-0.2, 0) is 4.74 Å². The zero-order valence-corrected chi connectivity index (χ0v) is 13.7. The maximum absolute atomic E-state index is 12.2. The number of piperazine rings is 1. The van der Waals surface area contributed by atoms with Crippen molar-refractivity contribution in [1.29, 1.82) is 0 Å². The van der Waals surface area contributed by atoms with Gasteiger partial charge in [-0.25, -0.2) is 9.78 Å². The third-order valence-corrected chi connectivity index (χ3v) is 3.54.